The lowest BCUT2D eigenvalue weighted by atomic mass is 10.00. The molecule has 116 valence electrons. The number of anilines is 1. The second-order valence-electron chi connectivity index (χ2n) is 5.83. The number of nitrogens with one attached hydrogen (secondary N) is 1. The minimum absolute atomic E-state index is 0.0925. The van der Waals surface area contributed by atoms with Gasteiger partial charge >= 0.3 is 6.09 Å². The number of nitrogens with zero attached hydrogens (tertiary/aromatic N) is 2. The third-order valence-electron chi connectivity index (χ3n) is 2.83. The van der Waals surface area contributed by atoms with Crippen LogP contribution < -0.4 is 5.32 Å². The number of rotatable bonds is 3. The molecule has 1 aliphatic heterocycles. The fourth-order valence-electron chi connectivity index (χ4n) is 1.82. The van der Waals surface area contributed by atoms with E-state index in [1.807, 2.05) is 20.8 Å². The minimum Gasteiger partial charge on any atom is -0.444 e. The number of halogens is 1. The molecule has 2 amide bonds. The lowest BCUT2D eigenvalue weighted by Crippen LogP contribution is -2.50. The van der Waals surface area contributed by atoms with Gasteiger partial charge in [0, 0.05) is 30.1 Å². The molecule has 0 radical (unpaired) electrons. The summed E-state index contributed by atoms with van der Waals surface area (Å²) in [6, 6.07) is 0. The van der Waals surface area contributed by atoms with Crippen LogP contribution in [0.1, 0.15) is 31.6 Å². The van der Waals surface area contributed by atoms with Crippen LogP contribution in [0.2, 0.25) is 0 Å². The Morgan fingerprint density at radius 2 is 2.19 bits per heavy atom. The fourth-order valence-corrected chi connectivity index (χ4v) is 2.80. The zero-order chi connectivity index (χ0) is 15.6. The first-order chi connectivity index (χ1) is 9.78. The topological polar surface area (TPSA) is 71.5 Å². The van der Waals surface area contributed by atoms with Crippen LogP contribution in [0.15, 0.2) is 6.20 Å². The molecule has 0 saturated carbocycles. The van der Waals surface area contributed by atoms with Crippen molar-refractivity contribution >= 4 is 40.1 Å². The van der Waals surface area contributed by atoms with E-state index in [1.165, 1.54) is 11.3 Å². The third kappa shape index (κ3) is 4.31. The maximum Gasteiger partial charge on any atom is 0.410 e. The summed E-state index contributed by atoms with van der Waals surface area (Å²) in [5.74, 6) is -0.122. The second kappa shape index (κ2) is 6.19. The van der Waals surface area contributed by atoms with Crippen molar-refractivity contribution in [2.24, 2.45) is 0 Å². The Hall–Kier alpha value is -1.34. The molecule has 8 heteroatoms. The van der Waals surface area contributed by atoms with Crippen molar-refractivity contribution in [2.45, 2.75) is 32.3 Å². The Bertz CT molecular complexity index is 535. The van der Waals surface area contributed by atoms with E-state index in [9.17, 15) is 9.59 Å². The van der Waals surface area contributed by atoms with Crippen molar-refractivity contribution in [3.05, 3.63) is 11.1 Å². The van der Waals surface area contributed by atoms with E-state index in [1.54, 1.807) is 11.1 Å². The molecular weight excluding hydrogens is 314 g/mol. The highest BCUT2D eigenvalue weighted by molar-refractivity contribution is 7.15. The summed E-state index contributed by atoms with van der Waals surface area (Å²) in [7, 11) is 0. The van der Waals surface area contributed by atoms with Gasteiger partial charge in [-0.3, -0.25) is 4.79 Å². The quantitative estimate of drug-likeness (QED) is 0.864. The predicted molar refractivity (Wildman–Crippen MR) is 82.0 cm³/mol. The molecule has 1 N–H and O–H groups in total. The largest absolute Gasteiger partial charge is 0.444 e. The molecule has 6 nitrogen and oxygen atoms in total. The summed E-state index contributed by atoms with van der Waals surface area (Å²) in [5, 5.41) is 3.15. The SMILES string of the molecule is CC(C)(C)OC(=O)N1CC(c2cnc(NC(=O)CCl)s2)C1. The van der Waals surface area contributed by atoms with Gasteiger partial charge in [-0.25, -0.2) is 9.78 Å². The van der Waals surface area contributed by atoms with Gasteiger partial charge in [0.2, 0.25) is 5.91 Å². The zero-order valence-corrected chi connectivity index (χ0v) is 13.8. The summed E-state index contributed by atoms with van der Waals surface area (Å²) >= 11 is 6.83. The van der Waals surface area contributed by atoms with E-state index in [2.05, 4.69) is 10.3 Å². The van der Waals surface area contributed by atoms with E-state index in [0.717, 1.165) is 4.88 Å². The van der Waals surface area contributed by atoms with E-state index in [0.29, 0.717) is 18.2 Å². The number of hydrogen-bond donors (Lipinski definition) is 1. The summed E-state index contributed by atoms with van der Waals surface area (Å²) < 4.78 is 5.30. The van der Waals surface area contributed by atoms with Gasteiger partial charge in [0.1, 0.15) is 11.5 Å². The van der Waals surface area contributed by atoms with Crippen LogP contribution in [0.25, 0.3) is 0 Å². The number of thiazole rings is 1. The standard InChI is InChI=1S/C13H18ClN3O3S/c1-13(2,3)20-12(19)17-6-8(7-17)9-5-15-11(21-9)16-10(18)4-14/h5,8H,4,6-7H2,1-3H3,(H,15,16,18). The van der Waals surface area contributed by atoms with Gasteiger partial charge < -0.3 is 15.0 Å². The molecule has 2 rings (SSSR count). The third-order valence-corrected chi connectivity index (χ3v) is 4.14. The highest BCUT2D eigenvalue weighted by atomic mass is 35.5. The van der Waals surface area contributed by atoms with Crippen LogP contribution >= 0.6 is 22.9 Å². The smallest absolute Gasteiger partial charge is 0.410 e. The first-order valence-electron chi connectivity index (χ1n) is 6.58. The summed E-state index contributed by atoms with van der Waals surface area (Å²) in [6.07, 6.45) is 1.44. The molecule has 0 aliphatic carbocycles. The Morgan fingerprint density at radius 1 is 1.52 bits per heavy atom. The molecule has 0 atom stereocenters. The van der Waals surface area contributed by atoms with E-state index < -0.39 is 5.60 Å². The van der Waals surface area contributed by atoms with E-state index in [-0.39, 0.29) is 23.8 Å². The number of carbonyl (C=O) groups excluding carboxylic acids is 2. The van der Waals surface area contributed by atoms with Gasteiger partial charge in [0.25, 0.3) is 0 Å². The number of likely N-dealkylation sites (tertiary alicyclic amines) is 1. The van der Waals surface area contributed by atoms with E-state index >= 15 is 0 Å². The Balaban J connectivity index is 1.84. The Morgan fingerprint density at radius 3 is 2.76 bits per heavy atom. The molecule has 1 saturated heterocycles. The maximum absolute atomic E-state index is 11.8. The molecule has 0 spiro atoms. The number of aromatic nitrogens is 1. The number of carbonyl (C=O) groups is 2. The molecule has 1 fully saturated rings. The van der Waals surface area contributed by atoms with Gasteiger partial charge in [0.05, 0.1) is 0 Å². The van der Waals surface area contributed by atoms with E-state index in [4.69, 9.17) is 16.3 Å². The van der Waals surface area contributed by atoms with Crippen molar-refractivity contribution < 1.29 is 14.3 Å². The van der Waals surface area contributed by atoms with Gasteiger partial charge in [-0.05, 0) is 20.8 Å². The molecule has 0 unspecified atom stereocenters. The van der Waals surface area contributed by atoms with Crippen LogP contribution in [0, 0.1) is 0 Å². The van der Waals surface area contributed by atoms with Gasteiger partial charge in [0.15, 0.2) is 5.13 Å². The average molecular weight is 332 g/mol. The Labute approximate surface area is 132 Å². The van der Waals surface area contributed by atoms with Gasteiger partial charge in [-0.1, -0.05) is 0 Å². The normalized spacial score (nSPS) is 15.5. The molecule has 0 bridgehead atoms. The molecule has 1 aromatic rings. The van der Waals surface area contributed by atoms with Crippen molar-refractivity contribution in [3.8, 4) is 0 Å². The monoisotopic (exact) mass is 331 g/mol. The van der Waals surface area contributed by atoms with Crippen molar-refractivity contribution in [2.75, 3.05) is 24.3 Å². The van der Waals surface area contributed by atoms with Gasteiger partial charge in [-0.15, -0.1) is 22.9 Å². The molecular formula is C13H18ClN3O3S. The van der Waals surface area contributed by atoms with Crippen LogP contribution in [0.3, 0.4) is 0 Å². The second-order valence-corrected chi connectivity index (χ2v) is 7.16. The predicted octanol–water partition coefficient (Wildman–Crippen LogP) is 2.65. The summed E-state index contributed by atoms with van der Waals surface area (Å²) in [5.41, 5.74) is -0.480. The van der Waals surface area contributed by atoms with Crippen molar-refractivity contribution in [3.63, 3.8) is 0 Å². The van der Waals surface area contributed by atoms with Crippen molar-refractivity contribution in [1.29, 1.82) is 0 Å². The molecule has 2 heterocycles. The maximum atomic E-state index is 11.8. The molecule has 1 aliphatic rings. The highest BCUT2D eigenvalue weighted by Gasteiger charge is 2.35. The molecule has 21 heavy (non-hydrogen) atoms. The molecule has 0 aromatic carbocycles. The van der Waals surface area contributed by atoms with Gasteiger partial charge in [-0.2, -0.15) is 0 Å². The zero-order valence-electron chi connectivity index (χ0n) is 12.2. The average Bonchev–Trinajstić information content (AvgIpc) is 2.72. The van der Waals surface area contributed by atoms with Crippen LogP contribution in [-0.4, -0.2) is 46.5 Å². The van der Waals surface area contributed by atoms with Crippen molar-refractivity contribution in [1.82, 2.24) is 9.88 Å². The van der Waals surface area contributed by atoms with Crippen LogP contribution in [0.4, 0.5) is 9.93 Å². The van der Waals surface area contributed by atoms with Crippen LogP contribution in [0.5, 0.6) is 0 Å². The summed E-state index contributed by atoms with van der Waals surface area (Å²) in [4.78, 5) is 29.8. The number of alkyl halides is 1. The minimum atomic E-state index is -0.480. The number of amides is 2. The number of ether oxygens (including phenoxy) is 1. The number of hydrogen-bond acceptors (Lipinski definition) is 5. The summed E-state index contributed by atoms with van der Waals surface area (Å²) in [6.45, 7) is 6.76. The first-order valence-corrected chi connectivity index (χ1v) is 7.93. The fraction of sp³-hybridized carbons (Fsp3) is 0.615. The Kier molecular flexibility index (Phi) is 4.73. The van der Waals surface area contributed by atoms with Crippen LogP contribution in [-0.2, 0) is 9.53 Å². The lowest BCUT2D eigenvalue weighted by Gasteiger charge is -2.39. The lowest BCUT2D eigenvalue weighted by molar-refractivity contribution is -0.113. The highest BCUT2D eigenvalue weighted by Crippen LogP contribution is 2.33. The first kappa shape index (κ1) is 16.0. The molecule has 1 aromatic heterocycles.